The molecule has 2 rings (SSSR count). The van der Waals surface area contributed by atoms with Crippen molar-refractivity contribution in [1.82, 2.24) is 5.32 Å². The zero-order valence-electron chi connectivity index (χ0n) is 10.5. The average Bonchev–Trinajstić information content (AvgIpc) is 2.30. The van der Waals surface area contributed by atoms with E-state index in [-0.39, 0.29) is 20.8 Å². The van der Waals surface area contributed by atoms with E-state index in [0.717, 1.165) is 4.90 Å². The molecule has 1 aromatic rings. The largest absolute Gasteiger partial charge is 0.335 e. The van der Waals surface area contributed by atoms with Gasteiger partial charge in [0.2, 0.25) is 11.8 Å². The number of rotatable bonds is 1. The van der Waals surface area contributed by atoms with Gasteiger partial charge < -0.3 is 0 Å². The Hall–Kier alpha value is -1.30. The van der Waals surface area contributed by atoms with Crippen molar-refractivity contribution in [2.24, 2.45) is 5.41 Å². The van der Waals surface area contributed by atoms with Gasteiger partial charge in [0.05, 0.1) is 15.7 Å². The maximum Gasteiger partial charge on any atom is 0.335 e. The van der Waals surface area contributed by atoms with Crippen molar-refractivity contribution in [2.75, 3.05) is 4.90 Å². The monoisotopic (exact) mass is 334 g/mol. The maximum atomic E-state index is 12.4. The molecule has 8 heteroatoms. The van der Waals surface area contributed by atoms with E-state index in [0.29, 0.717) is 0 Å². The molecule has 0 radical (unpaired) electrons. The summed E-state index contributed by atoms with van der Waals surface area (Å²) in [5.41, 5.74) is -1.40. The van der Waals surface area contributed by atoms with Crippen LogP contribution in [0.2, 0.25) is 15.1 Å². The highest BCUT2D eigenvalue weighted by Gasteiger charge is 2.48. The zero-order valence-corrected chi connectivity index (χ0v) is 12.7. The molecule has 1 aliphatic heterocycles. The fourth-order valence-corrected chi connectivity index (χ4v) is 2.72. The standard InChI is InChI=1S/C12H9Cl3N2O3/c1-12(2)9(18)16-11(20)17(10(12)19)8-6(14)3-5(13)4-7(8)15/h3-4H,1-2H3,(H,16,18,20). The summed E-state index contributed by atoms with van der Waals surface area (Å²) in [7, 11) is 0. The van der Waals surface area contributed by atoms with Crippen molar-refractivity contribution in [1.29, 1.82) is 0 Å². The lowest BCUT2D eigenvalue weighted by atomic mass is 9.88. The van der Waals surface area contributed by atoms with Crippen LogP contribution >= 0.6 is 34.8 Å². The van der Waals surface area contributed by atoms with E-state index in [1.54, 1.807) is 0 Å². The van der Waals surface area contributed by atoms with Crippen LogP contribution in [0.5, 0.6) is 0 Å². The lowest BCUT2D eigenvalue weighted by molar-refractivity contribution is -0.140. The second-order valence-corrected chi connectivity index (χ2v) is 5.99. The van der Waals surface area contributed by atoms with Crippen molar-refractivity contribution in [3.8, 4) is 0 Å². The number of nitrogens with zero attached hydrogens (tertiary/aromatic N) is 1. The van der Waals surface area contributed by atoms with Crippen LogP contribution in [0.4, 0.5) is 10.5 Å². The quantitative estimate of drug-likeness (QED) is 0.801. The molecule has 0 spiro atoms. The topological polar surface area (TPSA) is 66.5 Å². The summed E-state index contributed by atoms with van der Waals surface area (Å²) >= 11 is 17.8. The minimum atomic E-state index is -1.40. The lowest BCUT2D eigenvalue weighted by Gasteiger charge is -2.35. The Morgan fingerprint density at radius 3 is 2.05 bits per heavy atom. The van der Waals surface area contributed by atoms with Crippen LogP contribution in [-0.2, 0) is 9.59 Å². The van der Waals surface area contributed by atoms with Crippen LogP contribution in [0.1, 0.15) is 13.8 Å². The molecule has 5 nitrogen and oxygen atoms in total. The van der Waals surface area contributed by atoms with E-state index < -0.39 is 23.3 Å². The van der Waals surface area contributed by atoms with Gasteiger partial charge in [-0.15, -0.1) is 0 Å². The maximum absolute atomic E-state index is 12.4. The second-order valence-electron chi connectivity index (χ2n) is 4.74. The number of urea groups is 1. The van der Waals surface area contributed by atoms with Gasteiger partial charge in [-0.1, -0.05) is 34.8 Å². The van der Waals surface area contributed by atoms with E-state index in [9.17, 15) is 14.4 Å². The highest BCUT2D eigenvalue weighted by atomic mass is 35.5. The smallest absolute Gasteiger partial charge is 0.276 e. The van der Waals surface area contributed by atoms with Gasteiger partial charge >= 0.3 is 6.03 Å². The fourth-order valence-electron chi connectivity index (χ4n) is 1.73. The number of carbonyl (C=O) groups is 3. The molecule has 0 bridgehead atoms. The molecule has 1 heterocycles. The van der Waals surface area contributed by atoms with Gasteiger partial charge in [0.25, 0.3) is 0 Å². The molecule has 0 aromatic heterocycles. The minimum absolute atomic E-state index is 0.000748. The van der Waals surface area contributed by atoms with Gasteiger partial charge in [-0.25, -0.2) is 9.69 Å². The summed E-state index contributed by atoms with van der Waals surface area (Å²) in [6.07, 6.45) is 0. The molecule has 1 fully saturated rings. The van der Waals surface area contributed by atoms with Gasteiger partial charge in [-0.2, -0.15) is 0 Å². The van der Waals surface area contributed by atoms with E-state index in [1.165, 1.54) is 26.0 Å². The van der Waals surface area contributed by atoms with Crippen LogP contribution in [0.25, 0.3) is 0 Å². The third kappa shape index (κ3) is 2.26. The Bertz CT molecular complexity index is 620. The molecule has 106 valence electrons. The summed E-state index contributed by atoms with van der Waals surface area (Å²) < 4.78 is 0. The number of hydrogen-bond donors (Lipinski definition) is 1. The third-order valence-electron chi connectivity index (χ3n) is 2.93. The first-order valence-corrected chi connectivity index (χ1v) is 6.64. The van der Waals surface area contributed by atoms with Gasteiger partial charge in [-0.3, -0.25) is 14.9 Å². The molecule has 1 aromatic carbocycles. The van der Waals surface area contributed by atoms with Crippen molar-refractivity contribution in [2.45, 2.75) is 13.8 Å². The predicted molar refractivity (Wildman–Crippen MR) is 76.3 cm³/mol. The molecule has 1 N–H and O–H groups in total. The summed E-state index contributed by atoms with van der Waals surface area (Å²) in [6.45, 7) is 2.81. The second kappa shape index (κ2) is 4.91. The highest BCUT2D eigenvalue weighted by Crippen LogP contribution is 2.39. The number of hydrogen-bond acceptors (Lipinski definition) is 3. The number of halogens is 3. The van der Waals surface area contributed by atoms with Crippen molar-refractivity contribution < 1.29 is 14.4 Å². The Morgan fingerprint density at radius 2 is 1.55 bits per heavy atom. The molecule has 0 saturated carbocycles. The Labute approximate surface area is 129 Å². The Morgan fingerprint density at radius 1 is 1.05 bits per heavy atom. The minimum Gasteiger partial charge on any atom is -0.276 e. The van der Waals surface area contributed by atoms with Crippen LogP contribution < -0.4 is 10.2 Å². The van der Waals surface area contributed by atoms with Crippen molar-refractivity contribution in [3.05, 3.63) is 27.2 Å². The lowest BCUT2D eigenvalue weighted by Crippen LogP contribution is -2.62. The Balaban J connectivity index is 2.60. The molecule has 0 atom stereocenters. The van der Waals surface area contributed by atoms with E-state index >= 15 is 0 Å². The van der Waals surface area contributed by atoms with Gasteiger partial charge in [0, 0.05) is 5.02 Å². The molecule has 0 aliphatic carbocycles. The molecule has 1 aliphatic rings. The predicted octanol–water partition coefficient (Wildman–Crippen LogP) is 3.26. The third-order valence-corrected chi connectivity index (χ3v) is 3.73. The van der Waals surface area contributed by atoms with E-state index in [2.05, 4.69) is 5.32 Å². The fraction of sp³-hybridized carbons (Fsp3) is 0.250. The number of anilines is 1. The number of carbonyl (C=O) groups excluding carboxylic acids is 3. The summed E-state index contributed by atoms with van der Waals surface area (Å²) in [5.74, 6) is -1.39. The van der Waals surface area contributed by atoms with E-state index in [1.807, 2.05) is 0 Å². The SMILES string of the molecule is CC1(C)C(=O)NC(=O)N(c2c(Cl)cc(Cl)cc2Cl)C1=O. The Kier molecular flexibility index (Phi) is 3.71. The zero-order chi connectivity index (χ0) is 15.2. The van der Waals surface area contributed by atoms with Crippen LogP contribution in [-0.4, -0.2) is 17.8 Å². The highest BCUT2D eigenvalue weighted by molar-refractivity contribution is 6.44. The normalized spacial score (nSPS) is 18.2. The number of benzene rings is 1. The molecular formula is C12H9Cl3N2O3. The molecule has 1 saturated heterocycles. The number of amides is 4. The van der Waals surface area contributed by atoms with Crippen molar-refractivity contribution in [3.63, 3.8) is 0 Å². The van der Waals surface area contributed by atoms with E-state index in [4.69, 9.17) is 34.8 Å². The van der Waals surface area contributed by atoms with Crippen LogP contribution in [0.15, 0.2) is 12.1 Å². The first-order valence-electron chi connectivity index (χ1n) is 5.50. The number of barbiturate groups is 1. The summed E-state index contributed by atoms with van der Waals surface area (Å²) in [4.78, 5) is 36.7. The first-order chi connectivity index (χ1) is 9.16. The van der Waals surface area contributed by atoms with Gasteiger partial charge in [0.15, 0.2) is 0 Å². The molecule has 20 heavy (non-hydrogen) atoms. The molecule has 4 amide bonds. The van der Waals surface area contributed by atoms with Crippen LogP contribution in [0.3, 0.4) is 0 Å². The van der Waals surface area contributed by atoms with Gasteiger partial charge in [-0.05, 0) is 26.0 Å². The first kappa shape index (κ1) is 15.1. The van der Waals surface area contributed by atoms with Crippen molar-refractivity contribution >= 4 is 58.3 Å². The van der Waals surface area contributed by atoms with Crippen LogP contribution in [0, 0.1) is 5.41 Å². The number of nitrogens with one attached hydrogen (secondary N) is 1. The molecule has 0 unspecified atom stereocenters. The molecular weight excluding hydrogens is 327 g/mol. The van der Waals surface area contributed by atoms with Gasteiger partial charge in [0.1, 0.15) is 5.41 Å². The number of imide groups is 2. The summed E-state index contributed by atoms with van der Waals surface area (Å²) in [6, 6.07) is 1.81. The average molecular weight is 336 g/mol. The summed E-state index contributed by atoms with van der Waals surface area (Å²) in [5, 5.41) is 2.44.